The van der Waals surface area contributed by atoms with Crippen molar-refractivity contribution in [1.29, 1.82) is 0 Å². The molecular formula is C15H17NO3. The van der Waals surface area contributed by atoms with Gasteiger partial charge in [0.1, 0.15) is 11.5 Å². The predicted octanol–water partition coefficient (Wildman–Crippen LogP) is 2.82. The molecule has 1 aromatic heterocycles. The number of benzene rings is 1. The summed E-state index contributed by atoms with van der Waals surface area (Å²) in [7, 11) is 1.93. The smallest absolute Gasteiger partial charge is 0.159 e. The van der Waals surface area contributed by atoms with E-state index in [1.807, 2.05) is 24.1 Å². The average molecular weight is 259 g/mol. The first-order valence-electron chi connectivity index (χ1n) is 6.10. The van der Waals surface area contributed by atoms with Crippen molar-refractivity contribution in [3.8, 4) is 5.75 Å². The summed E-state index contributed by atoms with van der Waals surface area (Å²) < 4.78 is 5.28. The van der Waals surface area contributed by atoms with Crippen LogP contribution in [-0.4, -0.2) is 22.8 Å². The lowest BCUT2D eigenvalue weighted by molar-refractivity contribution is 0.101. The number of hydrogen-bond acceptors (Lipinski definition) is 4. The summed E-state index contributed by atoms with van der Waals surface area (Å²) in [5.41, 5.74) is 1.35. The fraction of sp³-hybridized carbons (Fsp3) is 0.267. The largest absolute Gasteiger partial charge is 0.508 e. The van der Waals surface area contributed by atoms with E-state index in [1.54, 1.807) is 24.5 Å². The van der Waals surface area contributed by atoms with Crippen LogP contribution in [0.1, 0.15) is 28.6 Å². The second-order valence-corrected chi connectivity index (χ2v) is 4.65. The quantitative estimate of drug-likeness (QED) is 0.839. The standard InChI is InChI=1S/C15H17NO3/c1-11(17)12-5-6-15(18)13(8-12)9-16(2)10-14-4-3-7-19-14/h3-8,18H,9-10H2,1-2H3. The normalized spacial score (nSPS) is 10.9. The number of hydrogen-bond donors (Lipinski definition) is 1. The Morgan fingerprint density at radius 1 is 1.32 bits per heavy atom. The van der Waals surface area contributed by atoms with Crippen LogP contribution in [0, 0.1) is 0 Å². The number of nitrogens with zero attached hydrogens (tertiary/aromatic N) is 1. The number of furan rings is 1. The summed E-state index contributed by atoms with van der Waals surface area (Å²) in [6.07, 6.45) is 1.64. The number of carbonyl (C=O) groups excluding carboxylic acids is 1. The molecular weight excluding hydrogens is 242 g/mol. The van der Waals surface area contributed by atoms with Crippen LogP contribution in [0.25, 0.3) is 0 Å². The molecule has 0 aliphatic heterocycles. The first-order chi connectivity index (χ1) is 9.06. The van der Waals surface area contributed by atoms with Gasteiger partial charge in [0.25, 0.3) is 0 Å². The van der Waals surface area contributed by atoms with E-state index in [2.05, 4.69) is 0 Å². The molecule has 0 saturated carbocycles. The molecule has 0 atom stereocenters. The van der Waals surface area contributed by atoms with Crippen LogP contribution in [0.3, 0.4) is 0 Å². The van der Waals surface area contributed by atoms with Gasteiger partial charge < -0.3 is 9.52 Å². The average Bonchev–Trinajstić information content (AvgIpc) is 2.84. The van der Waals surface area contributed by atoms with Crippen LogP contribution >= 0.6 is 0 Å². The topological polar surface area (TPSA) is 53.7 Å². The van der Waals surface area contributed by atoms with E-state index in [4.69, 9.17) is 4.42 Å². The van der Waals surface area contributed by atoms with E-state index in [-0.39, 0.29) is 11.5 Å². The molecule has 0 radical (unpaired) electrons. The molecule has 4 nitrogen and oxygen atoms in total. The molecule has 0 unspecified atom stereocenters. The molecule has 1 heterocycles. The lowest BCUT2D eigenvalue weighted by atomic mass is 10.1. The van der Waals surface area contributed by atoms with Crippen LogP contribution in [0.2, 0.25) is 0 Å². The zero-order valence-corrected chi connectivity index (χ0v) is 11.1. The fourth-order valence-corrected chi connectivity index (χ4v) is 1.95. The summed E-state index contributed by atoms with van der Waals surface area (Å²) in [5, 5.41) is 9.83. The van der Waals surface area contributed by atoms with Crippen LogP contribution < -0.4 is 0 Å². The molecule has 2 rings (SSSR count). The molecule has 0 spiro atoms. The highest BCUT2D eigenvalue weighted by atomic mass is 16.3. The Morgan fingerprint density at radius 2 is 2.11 bits per heavy atom. The van der Waals surface area contributed by atoms with E-state index in [1.165, 1.54) is 6.92 Å². The molecule has 0 aliphatic rings. The SMILES string of the molecule is CC(=O)c1ccc(O)c(CN(C)Cc2ccco2)c1. The van der Waals surface area contributed by atoms with Crippen molar-refractivity contribution in [2.45, 2.75) is 20.0 Å². The maximum Gasteiger partial charge on any atom is 0.159 e. The van der Waals surface area contributed by atoms with Crippen molar-refractivity contribution >= 4 is 5.78 Å². The van der Waals surface area contributed by atoms with Crippen LogP contribution in [0.4, 0.5) is 0 Å². The highest BCUT2D eigenvalue weighted by molar-refractivity contribution is 5.94. The highest BCUT2D eigenvalue weighted by Crippen LogP contribution is 2.21. The van der Waals surface area contributed by atoms with Gasteiger partial charge in [0, 0.05) is 17.7 Å². The predicted molar refractivity (Wildman–Crippen MR) is 72.0 cm³/mol. The van der Waals surface area contributed by atoms with Gasteiger partial charge in [0.2, 0.25) is 0 Å². The van der Waals surface area contributed by atoms with E-state index in [0.717, 1.165) is 11.3 Å². The van der Waals surface area contributed by atoms with Gasteiger partial charge >= 0.3 is 0 Å². The third kappa shape index (κ3) is 3.45. The van der Waals surface area contributed by atoms with Crippen molar-refractivity contribution in [3.63, 3.8) is 0 Å². The highest BCUT2D eigenvalue weighted by Gasteiger charge is 2.09. The van der Waals surface area contributed by atoms with Crippen molar-refractivity contribution in [1.82, 2.24) is 4.90 Å². The summed E-state index contributed by atoms with van der Waals surface area (Å²) in [6.45, 7) is 2.72. The van der Waals surface area contributed by atoms with E-state index in [0.29, 0.717) is 18.7 Å². The Labute approximate surface area is 112 Å². The lowest BCUT2D eigenvalue weighted by Gasteiger charge is -2.16. The maximum absolute atomic E-state index is 11.3. The Hall–Kier alpha value is -2.07. The minimum absolute atomic E-state index is 0.00469. The van der Waals surface area contributed by atoms with Gasteiger partial charge in [-0.05, 0) is 44.3 Å². The third-order valence-corrected chi connectivity index (χ3v) is 2.93. The van der Waals surface area contributed by atoms with E-state index >= 15 is 0 Å². The number of Topliss-reactive ketones (excluding diaryl/α,β-unsaturated/α-hetero) is 1. The summed E-state index contributed by atoms with van der Waals surface area (Å²) in [6, 6.07) is 8.68. The van der Waals surface area contributed by atoms with E-state index < -0.39 is 0 Å². The molecule has 19 heavy (non-hydrogen) atoms. The zero-order chi connectivity index (χ0) is 13.8. The van der Waals surface area contributed by atoms with Gasteiger partial charge in [-0.3, -0.25) is 9.69 Å². The van der Waals surface area contributed by atoms with Gasteiger partial charge in [-0.2, -0.15) is 0 Å². The number of carbonyl (C=O) groups is 1. The van der Waals surface area contributed by atoms with Crippen LogP contribution in [0.5, 0.6) is 5.75 Å². The summed E-state index contributed by atoms with van der Waals surface area (Å²) >= 11 is 0. The van der Waals surface area contributed by atoms with Gasteiger partial charge in [0.05, 0.1) is 12.8 Å². The molecule has 4 heteroatoms. The number of phenols is 1. The minimum atomic E-state index is -0.00469. The fourth-order valence-electron chi connectivity index (χ4n) is 1.95. The number of rotatable bonds is 5. The second kappa shape index (κ2) is 5.71. The first-order valence-corrected chi connectivity index (χ1v) is 6.10. The zero-order valence-electron chi connectivity index (χ0n) is 11.1. The Balaban J connectivity index is 2.09. The molecule has 0 bridgehead atoms. The number of aromatic hydroxyl groups is 1. The molecule has 1 aromatic carbocycles. The molecule has 0 fully saturated rings. The molecule has 0 saturated heterocycles. The van der Waals surface area contributed by atoms with Crippen molar-refractivity contribution in [3.05, 3.63) is 53.5 Å². The first kappa shape index (κ1) is 13.4. The molecule has 0 aliphatic carbocycles. The minimum Gasteiger partial charge on any atom is -0.508 e. The summed E-state index contributed by atoms with van der Waals surface area (Å²) in [4.78, 5) is 13.4. The van der Waals surface area contributed by atoms with Crippen LogP contribution in [0.15, 0.2) is 41.0 Å². The van der Waals surface area contributed by atoms with Gasteiger partial charge in [-0.15, -0.1) is 0 Å². The molecule has 0 amide bonds. The van der Waals surface area contributed by atoms with E-state index in [9.17, 15) is 9.90 Å². The van der Waals surface area contributed by atoms with Gasteiger partial charge in [0.15, 0.2) is 5.78 Å². The molecule has 100 valence electrons. The van der Waals surface area contributed by atoms with Crippen molar-refractivity contribution < 1.29 is 14.3 Å². The Bertz CT molecular complexity index is 561. The third-order valence-electron chi connectivity index (χ3n) is 2.93. The monoisotopic (exact) mass is 259 g/mol. The van der Waals surface area contributed by atoms with Gasteiger partial charge in [-0.25, -0.2) is 0 Å². The molecule has 2 aromatic rings. The van der Waals surface area contributed by atoms with Crippen LogP contribution in [-0.2, 0) is 13.1 Å². The van der Waals surface area contributed by atoms with Crippen molar-refractivity contribution in [2.24, 2.45) is 0 Å². The molecule has 1 N–H and O–H groups in total. The summed E-state index contributed by atoms with van der Waals surface area (Å²) in [5.74, 6) is 1.07. The Kier molecular flexibility index (Phi) is 4.02. The second-order valence-electron chi connectivity index (χ2n) is 4.65. The van der Waals surface area contributed by atoms with Gasteiger partial charge in [-0.1, -0.05) is 0 Å². The van der Waals surface area contributed by atoms with Crippen molar-refractivity contribution in [2.75, 3.05) is 7.05 Å². The Morgan fingerprint density at radius 3 is 2.74 bits per heavy atom. The number of ketones is 1. The number of phenolic OH excluding ortho intramolecular Hbond substituents is 1. The maximum atomic E-state index is 11.3. The lowest BCUT2D eigenvalue weighted by Crippen LogP contribution is -2.17.